The van der Waals surface area contributed by atoms with Gasteiger partial charge in [0.1, 0.15) is 24.2 Å². The van der Waals surface area contributed by atoms with Crippen LogP contribution in [0.2, 0.25) is 0 Å². The number of fused-ring (bicyclic) bond motifs is 9. The second-order valence-corrected chi connectivity index (χ2v) is 15.2. The Morgan fingerprint density at radius 2 is 1.17 bits per heavy atom. The molecule has 9 aliphatic heterocycles. The van der Waals surface area contributed by atoms with E-state index in [0.717, 1.165) is 4.90 Å². The Bertz CT molecular complexity index is 1550. The molecule has 17 atom stereocenters. The average Bonchev–Trinajstić information content (AvgIpc) is 3.83. The van der Waals surface area contributed by atoms with Gasteiger partial charge in [-0.25, -0.2) is 0 Å². The summed E-state index contributed by atoms with van der Waals surface area (Å²) in [6, 6.07) is -4.46. The quantitative estimate of drug-likeness (QED) is 0.103. The molecule has 9 rings (SSSR count). The van der Waals surface area contributed by atoms with E-state index in [1.165, 1.54) is 7.05 Å². The second kappa shape index (κ2) is 13.1. The van der Waals surface area contributed by atoms with Gasteiger partial charge in [-0.3, -0.25) is 59.0 Å². The summed E-state index contributed by atoms with van der Waals surface area (Å²) >= 11 is 0. The van der Waals surface area contributed by atoms with Crippen LogP contribution in [0, 0.1) is 11.8 Å². The number of carbonyl (C=O) groups excluding carboxylic acids is 6. The van der Waals surface area contributed by atoms with Gasteiger partial charge >= 0.3 is 0 Å². The summed E-state index contributed by atoms with van der Waals surface area (Å²) in [5.74, 6) is -4.01. The van der Waals surface area contributed by atoms with Crippen molar-refractivity contribution in [1.29, 1.82) is 0 Å². The maximum atomic E-state index is 12.0. The van der Waals surface area contributed by atoms with Gasteiger partial charge in [-0.15, -0.1) is 0 Å². The zero-order chi connectivity index (χ0) is 37.9. The molecule has 21 heteroatoms. The van der Waals surface area contributed by atoms with Crippen molar-refractivity contribution in [2.75, 3.05) is 26.7 Å². The Hall–Kier alpha value is -3.06. The number of hydrogen-bond acceptors (Lipinski definition) is 18. The molecule has 0 saturated carbocycles. The lowest BCUT2D eigenvalue weighted by atomic mass is 9.85. The molecule has 9 saturated heterocycles. The molecular formula is C31H44N6O15. The zero-order valence-electron chi connectivity index (χ0n) is 28.0. The number of imide groups is 3. The summed E-state index contributed by atoms with van der Waals surface area (Å²) < 4.78 is 0. The SMILES string of the molecule is CN1C(=O)C2C[C@@H](O)[C@@H]3[C@H](O)[C@H](O)CN3C2C1=O.O=C1NC(=O)C2C1C[C@@H](O)[C@@H]1[C@H](O)[C@H](O)CN21.O=C1NC(=O)[C@@]2(O)C1N1CCC[C@@H](O)[C@@H]1[C@@H]2O. The fourth-order valence-electron chi connectivity index (χ4n) is 10.0. The first kappa shape index (κ1) is 37.3. The number of likely N-dealkylation sites (N-methyl/N-ethyl adjacent to an activating group) is 1. The van der Waals surface area contributed by atoms with E-state index in [4.69, 9.17) is 0 Å². The topological polar surface area (TPSA) is 322 Å². The van der Waals surface area contributed by atoms with Crippen LogP contribution in [0.1, 0.15) is 25.7 Å². The van der Waals surface area contributed by atoms with Gasteiger partial charge in [-0.2, -0.15) is 0 Å². The lowest BCUT2D eigenvalue weighted by Crippen LogP contribution is -2.58. The van der Waals surface area contributed by atoms with Gasteiger partial charge < -0.3 is 46.0 Å². The third-order valence-electron chi connectivity index (χ3n) is 12.5. The number of aliphatic hydroxyl groups excluding tert-OH is 8. The first-order valence-electron chi connectivity index (χ1n) is 17.4. The molecule has 0 aliphatic carbocycles. The molecule has 9 aliphatic rings. The number of aliphatic hydroxyl groups is 9. The number of rotatable bonds is 0. The number of amides is 6. The van der Waals surface area contributed by atoms with Crippen LogP contribution < -0.4 is 10.6 Å². The predicted octanol–water partition coefficient (Wildman–Crippen LogP) is -9.12. The van der Waals surface area contributed by atoms with Crippen LogP contribution in [0.25, 0.3) is 0 Å². The van der Waals surface area contributed by atoms with Gasteiger partial charge in [0.25, 0.3) is 5.91 Å². The molecular weight excluding hydrogens is 696 g/mol. The minimum Gasteiger partial charge on any atom is -0.391 e. The molecule has 0 aromatic heterocycles. The first-order valence-corrected chi connectivity index (χ1v) is 17.4. The number of likely N-dealkylation sites (tertiary alicyclic amines) is 1. The molecule has 6 amide bonds. The van der Waals surface area contributed by atoms with E-state index in [1.807, 2.05) is 5.32 Å². The van der Waals surface area contributed by atoms with Crippen LogP contribution in [0.4, 0.5) is 0 Å². The zero-order valence-corrected chi connectivity index (χ0v) is 28.0. The Balaban J connectivity index is 0.000000121. The molecule has 5 unspecified atom stereocenters. The molecule has 0 aromatic carbocycles. The van der Waals surface area contributed by atoms with Gasteiger partial charge in [0.05, 0.1) is 72.7 Å². The minimum atomic E-state index is -2.12. The molecule has 0 bridgehead atoms. The molecule has 52 heavy (non-hydrogen) atoms. The number of hydrogen-bond donors (Lipinski definition) is 11. The van der Waals surface area contributed by atoms with Crippen molar-refractivity contribution in [3.8, 4) is 0 Å². The van der Waals surface area contributed by atoms with E-state index in [-0.39, 0.29) is 43.7 Å². The van der Waals surface area contributed by atoms with E-state index in [9.17, 15) is 74.7 Å². The Kier molecular flexibility index (Phi) is 9.36. The molecule has 9 heterocycles. The molecule has 0 spiro atoms. The van der Waals surface area contributed by atoms with Crippen LogP contribution in [0.3, 0.4) is 0 Å². The van der Waals surface area contributed by atoms with Crippen molar-refractivity contribution >= 4 is 35.4 Å². The van der Waals surface area contributed by atoms with E-state index in [0.29, 0.717) is 19.4 Å². The molecule has 0 radical (unpaired) electrons. The van der Waals surface area contributed by atoms with E-state index < -0.39 is 120 Å². The normalized spacial score (nSPS) is 49.5. The fraction of sp³-hybridized carbons (Fsp3) is 0.806. The van der Waals surface area contributed by atoms with E-state index in [2.05, 4.69) is 5.32 Å². The lowest BCUT2D eigenvalue weighted by molar-refractivity contribution is -0.146. The van der Waals surface area contributed by atoms with Crippen molar-refractivity contribution in [1.82, 2.24) is 30.2 Å². The minimum absolute atomic E-state index is 0.102. The summed E-state index contributed by atoms with van der Waals surface area (Å²) in [4.78, 5) is 76.1. The molecule has 21 nitrogen and oxygen atoms in total. The molecule has 0 aromatic rings. The maximum Gasteiger partial charge on any atom is 0.263 e. The van der Waals surface area contributed by atoms with Gasteiger partial charge in [0, 0.05) is 20.1 Å². The fourth-order valence-corrected chi connectivity index (χ4v) is 10.0. The number of piperidine rings is 3. The van der Waals surface area contributed by atoms with Gasteiger partial charge in [-0.1, -0.05) is 0 Å². The summed E-state index contributed by atoms with van der Waals surface area (Å²) in [6.07, 6.45) is -6.73. The Labute approximate surface area is 295 Å². The van der Waals surface area contributed by atoms with Crippen LogP contribution in [-0.4, -0.2) is 218 Å². The second-order valence-electron chi connectivity index (χ2n) is 15.2. The summed E-state index contributed by atoms with van der Waals surface area (Å²) in [5, 5.41) is 93.2. The standard InChI is InChI=1S/C11H16N2O5.2C10H14N2O5/c1-12-10(17)4-2-5(14)8-9(16)6(15)3-13(8)7(4)11(12)18;13-4-1-3-6(10(17)11-9(3)16)12-2-5(14)8(15)7(4)12;13-4-2-1-3-12-5(4)7(14)10(17)6(12)8(15)11-9(10)16/h4-9,14-16H,2-3H2,1H3;3-8,13-15H,1-2H2,(H,11,16,17);4-7,13-14,17H,1-3H2,(H,11,15,16)/t4?,5-,6-,7?,8-,9-;3?,4-,5-,6?,7-,8-;4-,5-,6?,7+,10-/m111/s1. The summed E-state index contributed by atoms with van der Waals surface area (Å²) in [7, 11) is 1.42. The highest BCUT2D eigenvalue weighted by Gasteiger charge is 2.70. The smallest absolute Gasteiger partial charge is 0.263 e. The van der Waals surface area contributed by atoms with Gasteiger partial charge in [-0.05, 0) is 32.2 Å². The van der Waals surface area contributed by atoms with Crippen LogP contribution >= 0.6 is 0 Å². The predicted molar refractivity (Wildman–Crippen MR) is 165 cm³/mol. The van der Waals surface area contributed by atoms with Crippen LogP contribution in [0.5, 0.6) is 0 Å². The highest BCUT2D eigenvalue weighted by Crippen LogP contribution is 2.42. The third kappa shape index (κ3) is 5.28. The van der Waals surface area contributed by atoms with Crippen molar-refractivity contribution in [2.45, 2.75) is 116 Å². The average molecular weight is 741 g/mol. The van der Waals surface area contributed by atoms with Crippen LogP contribution in [0.15, 0.2) is 0 Å². The number of nitrogens with zero attached hydrogens (tertiary/aromatic N) is 4. The largest absolute Gasteiger partial charge is 0.391 e. The van der Waals surface area contributed by atoms with Crippen molar-refractivity contribution < 1.29 is 74.7 Å². The Morgan fingerprint density at radius 1 is 0.615 bits per heavy atom. The van der Waals surface area contributed by atoms with Gasteiger partial charge in [0.2, 0.25) is 29.5 Å². The van der Waals surface area contributed by atoms with E-state index >= 15 is 0 Å². The van der Waals surface area contributed by atoms with Crippen molar-refractivity contribution in [3.05, 3.63) is 0 Å². The number of carbonyl (C=O) groups is 6. The highest BCUT2D eigenvalue weighted by atomic mass is 16.4. The lowest BCUT2D eigenvalue weighted by Gasteiger charge is -2.40. The van der Waals surface area contributed by atoms with Crippen molar-refractivity contribution in [2.24, 2.45) is 11.8 Å². The molecule has 288 valence electrons. The van der Waals surface area contributed by atoms with Crippen molar-refractivity contribution in [3.63, 3.8) is 0 Å². The summed E-state index contributed by atoms with van der Waals surface area (Å²) in [6.45, 7) is 0.689. The number of nitrogens with one attached hydrogen (secondary N) is 2. The third-order valence-corrected chi connectivity index (χ3v) is 12.5. The monoisotopic (exact) mass is 740 g/mol. The maximum absolute atomic E-state index is 12.0. The highest BCUT2D eigenvalue weighted by molar-refractivity contribution is 6.12. The molecule has 11 N–H and O–H groups in total. The van der Waals surface area contributed by atoms with E-state index in [1.54, 1.807) is 14.7 Å². The summed E-state index contributed by atoms with van der Waals surface area (Å²) in [5.41, 5.74) is -2.12. The van der Waals surface area contributed by atoms with Gasteiger partial charge in [0.15, 0.2) is 5.60 Å². The first-order chi connectivity index (χ1) is 24.4. The van der Waals surface area contributed by atoms with Crippen LogP contribution in [-0.2, 0) is 28.8 Å². The Morgan fingerprint density at radius 3 is 1.77 bits per heavy atom. The molecule has 9 fully saturated rings.